The fraction of sp³-hybridized carbons (Fsp3) is 0.385. The van der Waals surface area contributed by atoms with Crippen molar-refractivity contribution in [2.75, 3.05) is 13.1 Å². The summed E-state index contributed by atoms with van der Waals surface area (Å²) in [6.45, 7) is 6.90. The van der Waals surface area contributed by atoms with E-state index >= 15 is 0 Å². The minimum atomic E-state index is -4.47. The molecule has 3 amide bonds. The molecule has 0 saturated heterocycles. The average molecular weight is 515 g/mol. The smallest absolute Gasteiger partial charge is 0.350 e. The maximum absolute atomic E-state index is 13.4. The van der Waals surface area contributed by atoms with E-state index < -0.39 is 17.3 Å². The van der Waals surface area contributed by atoms with Gasteiger partial charge in [-0.3, -0.25) is 9.48 Å². The summed E-state index contributed by atoms with van der Waals surface area (Å²) in [5.41, 5.74) is 1.63. The molecule has 0 bridgehead atoms. The largest absolute Gasteiger partial charge is 0.416 e. The Bertz CT molecular complexity index is 1280. The summed E-state index contributed by atoms with van der Waals surface area (Å²) in [5.74, 6) is -0.329. The Morgan fingerprint density at radius 2 is 1.86 bits per heavy atom. The minimum absolute atomic E-state index is 0.163. The number of alkyl halides is 3. The van der Waals surface area contributed by atoms with E-state index in [2.05, 4.69) is 20.7 Å². The van der Waals surface area contributed by atoms with Crippen molar-refractivity contribution in [2.24, 2.45) is 0 Å². The minimum Gasteiger partial charge on any atom is -0.350 e. The summed E-state index contributed by atoms with van der Waals surface area (Å²) in [4.78, 5) is 31.5. The number of urea groups is 1. The van der Waals surface area contributed by atoms with Gasteiger partial charge in [-0.25, -0.2) is 9.78 Å². The average Bonchev–Trinajstić information content (AvgIpc) is 3.35. The van der Waals surface area contributed by atoms with Crippen LogP contribution in [0.3, 0.4) is 0 Å². The standard InChI is InChI=1S/C26H29F3N6O2/c1-25(2,3)33-24(37)34-11-9-20-19(17-5-4-6-18(13-17)26(27,28)29)7-8-21(22(20)14-34)23(36)31-10-12-35-16-30-15-32-35/h4-8,13,15-16H,9-12,14H2,1-3H3,(H,31,36)(H,33,37). The quantitative estimate of drug-likeness (QED) is 0.532. The zero-order chi connectivity index (χ0) is 26.8. The van der Waals surface area contributed by atoms with Crippen LogP contribution in [0, 0.1) is 0 Å². The molecular weight excluding hydrogens is 485 g/mol. The van der Waals surface area contributed by atoms with E-state index in [0.29, 0.717) is 48.3 Å². The molecule has 0 unspecified atom stereocenters. The van der Waals surface area contributed by atoms with Crippen molar-refractivity contribution in [1.29, 1.82) is 0 Å². The Balaban J connectivity index is 1.67. The molecule has 0 saturated carbocycles. The van der Waals surface area contributed by atoms with Crippen LogP contribution in [0.4, 0.5) is 18.0 Å². The molecule has 0 aliphatic carbocycles. The monoisotopic (exact) mass is 514 g/mol. The van der Waals surface area contributed by atoms with Gasteiger partial charge in [0.25, 0.3) is 5.91 Å². The van der Waals surface area contributed by atoms with Crippen molar-refractivity contribution in [3.8, 4) is 11.1 Å². The maximum atomic E-state index is 13.4. The Kier molecular flexibility index (Phi) is 7.24. The van der Waals surface area contributed by atoms with Crippen LogP contribution in [0.1, 0.15) is 47.8 Å². The van der Waals surface area contributed by atoms with Crippen LogP contribution in [0.15, 0.2) is 49.1 Å². The Morgan fingerprint density at radius 1 is 1.08 bits per heavy atom. The molecule has 11 heteroatoms. The molecule has 37 heavy (non-hydrogen) atoms. The second-order valence-electron chi connectivity index (χ2n) is 9.96. The molecule has 2 N–H and O–H groups in total. The first-order chi connectivity index (χ1) is 17.4. The summed E-state index contributed by atoms with van der Waals surface area (Å²) in [5, 5.41) is 9.80. The summed E-state index contributed by atoms with van der Waals surface area (Å²) in [6, 6.07) is 8.19. The third-order valence-corrected chi connectivity index (χ3v) is 6.02. The SMILES string of the molecule is CC(C)(C)NC(=O)N1CCc2c(-c3cccc(C(F)(F)F)c3)ccc(C(=O)NCCn3cncn3)c2C1. The molecule has 0 atom stereocenters. The lowest BCUT2D eigenvalue weighted by atomic mass is 9.87. The Hall–Kier alpha value is -3.89. The molecule has 1 aliphatic rings. The van der Waals surface area contributed by atoms with E-state index in [4.69, 9.17) is 0 Å². The molecule has 0 fully saturated rings. The van der Waals surface area contributed by atoms with Gasteiger partial charge >= 0.3 is 12.2 Å². The van der Waals surface area contributed by atoms with Gasteiger partial charge in [-0.2, -0.15) is 18.3 Å². The highest BCUT2D eigenvalue weighted by Crippen LogP contribution is 2.36. The number of halogens is 3. The van der Waals surface area contributed by atoms with Crippen molar-refractivity contribution in [3.05, 3.63) is 71.3 Å². The van der Waals surface area contributed by atoms with Gasteiger partial charge in [0.05, 0.1) is 12.1 Å². The van der Waals surface area contributed by atoms with Crippen molar-refractivity contribution in [3.63, 3.8) is 0 Å². The summed E-state index contributed by atoms with van der Waals surface area (Å²) in [6.07, 6.45) is -1.12. The third kappa shape index (κ3) is 6.28. The number of hydrogen-bond acceptors (Lipinski definition) is 4. The number of hydrogen-bond donors (Lipinski definition) is 2. The molecule has 0 radical (unpaired) electrons. The third-order valence-electron chi connectivity index (χ3n) is 6.02. The van der Waals surface area contributed by atoms with Crippen molar-refractivity contribution in [2.45, 2.75) is 52.0 Å². The number of amides is 3. The van der Waals surface area contributed by atoms with Crippen LogP contribution < -0.4 is 10.6 Å². The fourth-order valence-electron chi connectivity index (χ4n) is 4.32. The molecule has 0 spiro atoms. The molecular formula is C26H29F3N6O2. The van der Waals surface area contributed by atoms with Crippen LogP contribution in [0.5, 0.6) is 0 Å². The number of carbonyl (C=O) groups excluding carboxylic acids is 2. The van der Waals surface area contributed by atoms with E-state index in [0.717, 1.165) is 17.7 Å². The lowest BCUT2D eigenvalue weighted by Crippen LogP contribution is -2.50. The molecule has 1 aliphatic heterocycles. The zero-order valence-corrected chi connectivity index (χ0v) is 20.9. The van der Waals surface area contributed by atoms with Crippen molar-refractivity contribution < 1.29 is 22.8 Å². The van der Waals surface area contributed by atoms with Gasteiger partial charge in [-0.05, 0) is 67.6 Å². The zero-order valence-electron chi connectivity index (χ0n) is 20.9. The fourth-order valence-corrected chi connectivity index (χ4v) is 4.32. The molecule has 3 aromatic rings. The number of benzene rings is 2. The molecule has 196 valence electrons. The van der Waals surface area contributed by atoms with Crippen LogP contribution in [0.2, 0.25) is 0 Å². The number of rotatable bonds is 5. The second kappa shape index (κ2) is 10.2. The topological polar surface area (TPSA) is 92.2 Å². The normalized spacial score (nSPS) is 13.7. The lowest BCUT2D eigenvalue weighted by Gasteiger charge is -2.34. The Morgan fingerprint density at radius 3 is 2.54 bits per heavy atom. The van der Waals surface area contributed by atoms with Crippen molar-refractivity contribution >= 4 is 11.9 Å². The van der Waals surface area contributed by atoms with Gasteiger partial charge in [0.15, 0.2) is 0 Å². The van der Waals surface area contributed by atoms with E-state index in [1.54, 1.807) is 34.1 Å². The Labute approximate surface area is 212 Å². The van der Waals surface area contributed by atoms with E-state index in [1.807, 2.05) is 20.8 Å². The molecule has 8 nitrogen and oxygen atoms in total. The lowest BCUT2D eigenvalue weighted by molar-refractivity contribution is -0.137. The number of carbonyl (C=O) groups is 2. The van der Waals surface area contributed by atoms with Gasteiger partial charge in [0.2, 0.25) is 0 Å². The highest BCUT2D eigenvalue weighted by atomic mass is 19.4. The van der Waals surface area contributed by atoms with E-state index in [-0.39, 0.29) is 18.5 Å². The van der Waals surface area contributed by atoms with Crippen LogP contribution >= 0.6 is 0 Å². The predicted octanol–water partition coefficient (Wildman–Crippen LogP) is 4.26. The van der Waals surface area contributed by atoms with Crippen LogP contribution in [0.25, 0.3) is 11.1 Å². The van der Waals surface area contributed by atoms with Crippen molar-refractivity contribution in [1.82, 2.24) is 30.3 Å². The molecule has 2 heterocycles. The molecule has 1 aromatic heterocycles. The van der Waals surface area contributed by atoms with Gasteiger partial charge in [0, 0.05) is 30.7 Å². The van der Waals surface area contributed by atoms with Gasteiger partial charge in [0.1, 0.15) is 12.7 Å². The van der Waals surface area contributed by atoms with E-state index in [9.17, 15) is 22.8 Å². The summed E-state index contributed by atoms with van der Waals surface area (Å²) < 4.78 is 41.7. The van der Waals surface area contributed by atoms with Gasteiger partial charge in [-0.15, -0.1) is 0 Å². The number of nitrogens with zero attached hydrogens (tertiary/aromatic N) is 4. The molecule has 2 aromatic carbocycles. The van der Waals surface area contributed by atoms with Crippen LogP contribution in [-0.2, 0) is 25.7 Å². The first-order valence-corrected chi connectivity index (χ1v) is 11.9. The van der Waals surface area contributed by atoms with Gasteiger partial charge < -0.3 is 15.5 Å². The first kappa shape index (κ1) is 26.2. The molecule has 4 rings (SSSR count). The highest BCUT2D eigenvalue weighted by Gasteiger charge is 2.32. The highest BCUT2D eigenvalue weighted by molar-refractivity contribution is 5.97. The van der Waals surface area contributed by atoms with Crippen LogP contribution in [-0.4, -0.2) is 50.2 Å². The summed E-state index contributed by atoms with van der Waals surface area (Å²) in [7, 11) is 0. The number of fused-ring (bicyclic) bond motifs is 1. The number of aromatic nitrogens is 3. The first-order valence-electron chi connectivity index (χ1n) is 11.9. The summed E-state index contributed by atoms with van der Waals surface area (Å²) >= 11 is 0. The number of nitrogens with one attached hydrogen (secondary N) is 2. The predicted molar refractivity (Wildman–Crippen MR) is 132 cm³/mol. The van der Waals surface area contributed by atoms with Gasteiger partial charge in [-0.1, -0.05) is 18.2 Å². The van der Waals surface area contributed by atoms with E-state index in [1.165, 1.54) is 12.4 Å². The maximum Gasteiger partial charge on any atom is 0.416 e. The second-order valence-corrected chi connectivity index (χ2v) is 9.96.